The maximum absolute atomic E-state index is 12.0. The molecule has 0 aromatic carbocycles. The van der Waals surface area contributed by atoms with Crippen LogP contribution in [0.1, 0.15) is 0 Å². The lowest BCUT2D eigenvalue weighted by Gasteiger charge is -2.19. The summed E-state index contributed by atoms with van der Waals surface area (Å²) in [5.74, 6) is -2.03. The number of carbonyl (C=O) groups is 3. The van der Waals surface area contributed by atoms with Crippen molar-refractivity contribution in [2.75, 3.05) is 21.3 Å². The van der Waals surface area contributed by atoms with Gasteiger partial charge in [-0.15, -0.1) is 0 Å². The summed E-state index contributed by atoms with van der Waals surface area (Å²) in [6.07, 6.45) is -0.702. The zero-order valence-corrected chi connectivity index (χ0v) is 10.6. The molecule has 7 heteroatoms. The Morgan fingerprint density at radius 1 is 1.11 bits per heavy atom. The highest BCUT2D eigenvalue weighted by molar-refractivity contribution is 6.13. The first kappa shape index (κ1) is 13.3. The first-order valence-corrected chi connectivity index (χ1v) is 5.41. The number of ether oxygens (including phenoxy) is 4. The van der Waals surface area contributed by atoms with Gasteiger partial charge in [-0.3, -0.25) is 4.79 Å². The Morgan fingerprint density at radius 3 is 2.21 bits per heavy atom. The molecule has 2 heterocycles. The number of ketones is 1. The average Bonchev–Trinajstić information content (AvgIpc) is 2.76. The van der Waals surface area contributed by atoms with Crippen LogP contribution in [0.15, 0.2) is 23.0 Å². The number of fused-ring (bicyclic) bond motifs is 2. The van der Waals surface area contributed by atoms with E-state index < -0.39 is 29.9 Å². The third kappa shape index (κ3) is 1.91. The lowest BCUT2D eigenvalue weighted by atomic mass is 10.0. The molecule has 0 aromatic heterocycles. The van der Waals surface area contributed by atoms with Gasteiger partial charge in [-0.1, -0.05) is 0 Å². The summed E-state index contributed by atoms with van der Waals surface area (Å²) >= 11 is 0. The molecule has 0 radical (unpaired) electrons. The maximum atomic E-state index is 12.0. The second kappa shape index (κ2) is 4.85. The summed E-state index contributed by atoms with van der Waals surface area (Å²) in [4.78, 5) is 35.5. The van der Waals surface area contributed by atoms with E-state index in [1.54, 1.807) is 0 Å². The van der Waals surface area contributed by atoms with Crippen molar-refractivity contribution in [2.24, 2.45) is 0 Å². The van der Waals surface area contributed by atoms with E-state index in [9.17, 15) is 14.4 Å². The second-order valence-corrected chi connectivity index (χ2v) is 3.85. The van der Waals surface area contributed by atoms with E-state index >= 15 is 0 Å². The van der Waals surface area contributed by atoms with Crippen molar-refractivity contribution in [3.63, 3.8) is 0 Å². The van der Waals surface area contributed by atoms with Crippen LogP contribution in [0, 0.1) is 0 Å². The SMILES string of the molecule is COC(=O)C1=C(C(=O)OC)[C@H]2C=C(OC)C(=O)[C@@H]1O2. The summed E-state index contributed by atoms with van der Waals surface area (Å²) in [5, 5.41) is 0. The van der Waals surface area contributed by atoms with Gasteiger partial charge in [-0.25, -0.2) is 9.59 Å². The van der Waals surface area contributed by atoms with Crippen LogP contribution in [0.25, 0.3) is 0 Å². The van der Waals surface area contributed by atoms with Crippen molar-refractivity contribution < 1.29 is 33.3 Å². The van der Waals surface area contributed by atoms with Crippen molar-refractivity contribution in [2.45, 2.75) is 12.2 Å². The summed E-state index contributed by atoms with van der Waals surface area (Å²) in [6.45, 7) is 0. The van der Waals surface area contributed by atoms with Gasteiger partial charge in [0.25, 0.3) is 0 Å². The molecule has 2 aliphatic rings. The monoisotopic (exact) mass is 268 g/mol. The van der Waals surface area contributed by atoms with E-state index in [2.05, 4.69) is 9.47 Å². The molecule has 2 rings (SSSR count). The van der Waals surface area contributed by atoms with E-state index in [4.69, 9.17) is 9.47 Å². The van der Waals surface area contributed by atoms with Gasteiger partial charge >= 0.3 is 11.9 Å². The highest BCUT2D eigenvalue weighted by atomic mass is 16.6. The number of methoxy groups -OCH3 is 3. The van der Waals surface area contributed by atoms with Crippen LogP contribution >= 0.6 is 0 Å². The quantitative estimate of drug-likeness (QED) is 0.638. The van der Waals surface area contributed by atoms with Crippen LogP contribution in [0.2, 0.25) is 0 Å². The molecule has 7 nitrogen and oxygen atoms in total. The molecule has 0 aromatic rings. The highest BCUT2D eigenvalue weighted by Gasteiger charge is 2.49. The van der Waals surface area contributed by atoms with E-state index in [0.717, 1.165) is 7.11 Å². The molecular weight excluding hydrogens is 256 g/mol. The number of rotatable bonds is 3. The molecule has 0 fully saturated rings. The zero-order valence-electron chi connectivity index (χ0n) is 10.6. The van der Waals surface area contributed by atoms with Crippen LogP contribution < -0.4 is 0 Å². The topological polar surface area (TPSA) is 88.1 Å². The summed E-state index contributed by atoms with van der Waals surface area (Å²) in [5.41, 5.74) is -0.160. The Hall–Kier alpha value is -2.15. The van der Waals surface area contributed by atoms with E-state index in [0.29, 0.717) is 0 Å². The summed E-state index contributed by atoms with van der Waals surface area (Å²) in [6, 6.07) is 0. The second-order valence-electron chi connectivity index (χ2n) is 3.85. The molecule has 0 unspecified atom stereocenters. The van der Waals surface area contributed by atoms with Gasteiger partial charge in [0.1, 0.15) is 6.10 Å². The fourth-order valence-corrected chi connectivity index (χ4v) is 2.07. The Morgan fingerprint density at radius 2 is 1.68 bits per heavy atom. The minimum Gasteiger partial charge on any atom is -0.493 e. The summed E-state index contributed by atoms with van der Waals surface area (Å²) < 4.78 is 19.4. The smallest absolute Gasteiger partial charge is 0.337 e. The number of esters is 2. The van der Waals surface area contributed by atoms with Gasteiger partial charge in [-0.05, 0) is 6.08 Å². The van der Waals surface area contributed by atoms with E-state index in [1.165, 1.54) is 20.3 Å². The molecule has 102 valence electrons. The highest BCUT2D eigenvalue weighted by Crippen LogP contribution is 2.36. The molecule has 0 saturated carbocycles. The molecule has 2 atom stereocenters. The molecule has 0 spiro atoms. The number of hydrogen-bond donors (Lipinski definition) is 0. The minimum absolute atomic E-state index is 0.0280. The van der Waals surface area contributed by atoms with Gasteiger partial charge in [0, 0.05) is 0 Å². The largest absolute Gasteiger partial charge is 0.493 e. The lowest BCUT2D eigenvalue weighted by Crippen LogP contribution is -2.33. The Labute approximate surface area is 108 Å². The predicted molar refractivity (Wildman–Crippen MR) is 59.8 cm³/mol. The van der Waals surface area contributed by atoms with Crippen LogP contribution in [0.3, 0.4) is 0 Å². The lowest BCUT2D eigenvalue weighted by molar-refractivity contribution is -0.140. The van der Waals surface area contributed by atoms with Crippen LogP contribution in [0.5, 0.6) is 0 Å². The first-order chi connectivity index (χ1) is 9.04. The zero-order chi connectivity index (χ0) is 14.2. The fourth-order valence-electron chi connectivity index (χ4n) is 2.07. The molecule has 19 heavy (non-hydrogen) atoms. The number of Topliss-reactive ketones (excluding diaryl/α,β-unsaturated/α-hetero) is 1. The van der Waals surface area contributed by atoms with Crippen molar-refractivity contribution >= 4 is 17.7 Å². The number of carbonyl (C=O) groups excluding carboxylic acids is 3. The third-order valence-electron chi connectivity index (χ3n) is 2.93. The van der Waals surface area contributed by atoms with Gasteiger partial charge in [-0.2, -0.15) is 0 Å². The molecule has 0 aliphatic carbocycles. The van der Waals surface area contributed by atoms with Crippen LogP contribution in [-0.4, -0.2) is 51.3 Å². The molecule has 0 saturated heterocycles. The predicted octanol–water partition coefficient (Wildman–Crippen LogP) is -0.491. The Kier molecular flexibility index (Phi) is 3.39. The van der Waals surface area contributed by atoms with E-state index in [-0.39, 0.29) is 16.9 Å². The Balaban J connectivity index is 2.54. The normalized spacial score (nSPS) is 25.0. The molecule has 2 bridgehead atoms. The first-order valence-electron chi connectivity index (χ1n) is 5.41. The van der Waals surface area contributed by atoms with Crippen LogP contribution in [-0.2, 0) is 33.3 Å². The van der Waals surface area contributed by atoms with Crippen molar-refractivity contribution in [3.8, 4) is 0 Å². The summed E-state index contributed by atoms with van der Waals surface area (Å²) in [7, 11) is 3.65. The van der Waals surface area contributed by atoms with Gasteiger partial charge in [0.15, 0.2) is 11.9 Å². The minimum atomic E-state index is -1.19. The van der Waals surface area contributed by atoms with E-state index in [1.807, 2.05) is 0 Å². The van der Waals surface area contributed by atoms with Crippen molar-refractivity contribution in [1.82, 2.24) is 0 Å². The van der Waals surface area contributed by atoms with Gasteiger partial charge < -0.3 is 18.9 Å². The molecular formula is C12H12O7. The molecule has 0 amide bonds. The average molecular weight is 268 g/mol. The molecule has 0 N–H and O–H groups in total. The Bertz CT molecular complexity index is 514. The maximum Gasteiger partial charge on any atom is 0.337 e. The fraction of sp³-hybridized carbons (Fsp3) is 0.417. The standard InChI is InChI=1S/C12H12O7/c1-16-6-4-5-7(11(14)17-2)8(12(15)18-3)10(19-5)9(6)13/h4-5,10H,1-3H3/t5-,10-/m1/s1. The number of hydrogen-bond acceptors (Lipinski definition) is 7. The van der Waals surface area contributed by atoms with Crippen molar-refractivity contribution in [1.29, 1.82) is 0 Å². The van der Waals surface area contributed by atoms with Crippen LogP contribution in [0.4, 0.5) is 0 Å². The van der Waals surface area contributed by atoms with Gasteiger partial charge in [0.2, 0.25) is 5.78 Å². The third-order valence-corrected chi connectivity index (χ3v) is 2.93. The van der Waals surface area contributed by atoms with Gasteiger partial charge in [0.05, 0.1) is 32.5 Å². The molecule has 2 aliphatic heterocycles. The van der Waals surface area contributed by atoms with Crippen molar-refractivity contribution in [3.05, 3.63) is 23.0 Å².